The van der Waals surface area contributed by atoms with Crippen LogP contribution in [0.15, 0.2) is 18.2 Å². The Hall–Kier alpha value is -1.97. The van der Waals surface area contributed by atoms with Gasteiger partial charge >= 0.3 is 0 Å². The Labute approximate surface area is 114 Å². The van der Waals surface area contributed by atoms with Crippen LogP contribution in [0.5, 0.6) is 5.75 Å². The number of aryl methyl sites for hydroxylation is 1. The number of hydrogen-bond acceptors (Lipinski definition) is 3. The summed E-state index contributed by atoms with van der Waals surface area (Å²) in [5.74, 6) is 1.99. The molecule has 0 unspecified atom stereocenters. The molecule has 0 radical (unpaired) electrons. The third kappa shape index (κ3) is 2.72. The largest absolute Gasteiger partial charge is 0.496 e. The van der Waals surface area contributed by atoms with Crippen molar-refractivity contribution in [3.05, 3.63) is 29.5 Å². The van der Waals surface area contributed by atoms with Crippen LogP contribution in [-0.4, -0.2) is 17.3 Å². The van der Waals surface area contributed by atoms with Crippen LogP contribution in [0.1, 0.15) is 25.1 Å². The molecule has 0 amide bonds. The summed E-state index contributed by atoms with van der Waals surface area (Å²) in [7, 11) is 1.68. The van der Waals surface area contributed by atoms with Gasteiger partial charge in [0, 0.05) is 11.3 Å². The maximum absolute atomic E-state index is 6.00. The Kier molecular flexibility index (Phi) is 3.79. The standard InChI is InChI=1S/C15H21N3O/c1-9(2)7-12-14(15(16)18-17-12)11-5-6-13(19-4)10(3)8-11/h5-6,8-9H,7H2,1-4H3,(H3,16,17,18). The number of nitrogens with one attached hydrogen (secondary N) is 1. The zero-order chi connectivity index (χ0) is 14.0. The van der Waals surface area contributed by atoms with Gasteiger partial charge in [0.25, 0.3) is 0 Å². The molecule has 102 valence electrons. The Bertz CT molecular complexity index is 573. The minimum atomic E-state index is 0.554. The zero-order valence-electron chi connectivity index (χ0n) is 11.9. The first-order chi connectivity index (χ1) is 9.02. The first kappa shape index (κ1) is 13.5. The van der Waals surface area contributed by atoms with Crippen molar-refractivity contribution in [2.45, 2.75) is 27.2 Å². The van der Waals surface area contributed by atoms with E-state index in [1.807, 2.05) is 19.1 Å². The molecule has 19 heavy (non-hydrogen) atoms. The van der Waals surface area contributed by atoms with Crippen molar-refractivity contribution in [1.82, 2.24) is 10.2 Å². The van der Waals surface area contributed by atoms with Gasteiger partial charge in [0.15, 0.2) is 5.82 Å². The normalized spacial score (nSPS) is 11.0. The molecule has 2 aromatic rings. The summed E-state index contributed by atoms with van der Waals surface area (Å²) in [6, 6.07) is 6.08. The lowest BCUT2D eigenvalue weighted by atomic mass is 9.98. The summed E-state index contributed by atoms with van der Waals surface area (Å²) in [6.45, 7) is 6.39. The quantitative estimate of drug-likeness (QED) is 0.886. The average molecular weight is 259 g/mol. The van der Waals surface area contributed by atoms with Gasteiger partial charge < -0.3 is 10.5 Å². The highest BCUT2D eigenvalue weighted by Crippen LogP contribution is 2.32. The number of ether oxygens (including phenoxy) is 1. The minimum Gasteiger partial charge on any atom is -0.496 e. The number of aromatic amines is 1. The van der Waals surface area contributed by atoms with Crippen LogP contribution in [-0.2, 0) is 6.42 Å². The minimum absolute atomic E-state index is 0.554. The molecule has 2 rings (SSSR count). The second kappa shape index (κ2) is 5.34. The van der Waals surface area contributed by atoms with Crippen molar-refractivity contribution in [2.75, 3.05) is 12.8 Å². The van der Waals surface area contributed by atoms with Crippen molar-refractivity contribution >= 4 is 5.82 Å². The molecule has 0 saturated carbocycles. The number of methoxy groups -OCH3 is 1. The van der Waals surface area contributed by atoms with Gasteiger partial charge in [-0.1, -0.05) is 19.9 Å². The second-order valence-electron chi connectivity index (χ2n) is 5.24. The zero-order valence-corrected chi connectivity index (χ0v) is 11.9. The maximum Gasteiger partial charge on any atom is 0.153 e. The molecule has 0 aliphatic heterocycles. The van der Waals surface area contributed by atoms with Crippen LogP contribution in [0.25, 0.3) is 11.1 Å². The molecule has 1 aromatic carbocycles. The number of aromatic nitrogens is 2. The van der Waals surface area contributed by atoms with Crippen LogP contribution in [0.2, 0.25) is 0 Å². The molecule has 0 atom stereocenters. The summed E-state index contributed by atoms with van der Waals surface area (Å²) in [4.78, 5) is 0. The number of nitrogens with two attached hydrogens (primary N) is 1. The number of benzene rings is 1. The molecule has 0 bridgehead atoms. The van der Waals surface area contributed by atoms with Crippen LogP contribution in [0, 0.1) is 12.8 Å². The molecular weight excluding hydrogens is 238 g/mol. The molecule has 1 aromatic heterocycles. The Balaban J connectivity index is 2.46. The van der Waals surface area contributed by atoms with E-state index in [4.69, 9.17) is 10.5 Å². The topological polar surface area (TPSA) is 63.9 Å². The van der Waals surface area contributed by atoms with Crippen molar-refractivity contribution < 1.29 is 4.74 Å². The van der Waals surface area contributed by atoms with Crippen LogP contribution in [0.4, 0.5) is 5.82 Å². The van der Waals surface area contributed by atoms with Gasteiger partial charge in [0.05, 0.1) is 7.11 Å². The molecule has 0 aliphatic rings. The van der Waals surface area contributed by atoms with Gasteiger partial charge in [-0.05, 0) is 42.5 Å². The average Bonchev–Trinajstić information content (AvgIpc) is 2.69. The number of anilines is 1. The highest BCUT2D eigenvalue weighted by atomic mass is 16.5. The smallest absolute Gasteiger partial charge is 0.153 e. The van der Waals surface area contributed by atoms with Crippen LogP contribution < -0.4 is 10.5 Å². The number of H-pyrrole nitrogens is 1. The summed E-state index contributed by atoms with van der Waals surface area (Å²) >= 11 is 0. The van der Waals surface area contributed by atoms with E-state index in [1.54, 1.807) is 7.11 Å². The van der Waals surface area contributed by atoms with E-state index in [0.717, 1.165) is 34.6 Å². The third-order valence-electron chi connectivity index (χ3n) is 3.17. The fourth-order valence-corrected chi connectivity index (χ4v) is 2.31. The lowest BCUT2D eigenvalue weighted by Crippen LogP contribution is -1.97. The lowest BCUT2D eigenvalue weighted by Gasteiger charge is -2.10. The lowest BCUT2D eigenvalue weighted by molar-refractivity contribution is 0.412. The van der Waals surface area contributed by atoms with Gasteiger partial charge in [-0.25, -0.2) is 0 Å². The Morgan fingerprint density at radius 1 is 1.37 bits per heavy atom. The molecule has 4 heteroatoms. The van der Waals surface area contributed by atoms with Crippen LogP contribution >= 0.6 is 0 Å². The van der Waals surface area contributed by atoms with Crippen molar-refractivity contribution in [3.8, 4) is 16.9 Å². The third-order valence-corrected chi connectivity index (χ3v) is 3.17. The highest BCUT2D eigenvalue weighted by Gasteiger charge is 2.15. The molecular formula is C15H21N3O. The number of hydrogen-bond donors (Lipinski definition) is 2. The molecule has 0 spiro atoms. The summed E-state index contributed by atoms with van der Waals surface area (Å²) in [5.41, 5.74) is 10.3. The monoisotopic (exact) mass is 259 g/mol. The molecule has 3 N–H and O–H groups in total. The predicted octanol–water partition coefficient (Wildman–Crippen LogP) is 3.17. The van der Waals surface area contributed by atoms with E-state index < -0.39 is 0 Å². The van der Waals surface area contributed by atoms with Crippen molar-refractivity contribution in [1.29, 1.82) is 0 Å². The van der Waals surface area contributed by atoms with Crippen LogP contribution in [0.3, 0.4) is 0 Å². The van der Waals surface area contributed by atoms with Gasteiger partial charge in [-0.3, -0.25) is 5.10 Å². The van der Waals surface area contributed by atoms with Gasteiger partial charge in [0.2, 0.25) is 0 Å². The fourth-order valence-electron chi connectivity index (χ4n) is 2.31. The number of nitrogens with zero attached hydrogens (tertiary/aromatic N) is 1. The van der Waals surface area contributed by atoms with E-state index in [9.17, 15) is 0 Å². The van der Waals surface area contributed by atoms with Crippen molar-refractivity contribution in [2.24, 2.45) is 5.92 Å². The summed E-state index contributed by atoms with van der Waals surface area (Å²) in [6.07, 6.45) is 0.935. The molecule has 4 nitrogen and oxygen atoms in total. The predicted molar refractivity (Wildman–Crippen MR) is 78.3 cm³/mol. The number of nitrogen functional groups attached to an aromatic ring is 1. The van der Waals surface area contributed by atoms with E-state index >= 15 is 0 Å². The van der Waals surface area contributed by atoms with Gasteiger partial charge in [0.1, 0.15) is 5.75 Å². The summed E-state index contributed by atoms with van der Waals surface area (Å²) in [5, 5.41) is 7.19. The first-order valence-electron chi connectivity index (χ1n) is 6.50. The van der Waals surface area contributed by atoms with Gasteiger partial charge in [-0.2, -0.15) is 5.10 Å². The van der Waals surface area contributed by atoms with Gasteiger partial charge in [-0.15, -0.1) is 0 Å². The number of rotatable bonds is 4. The van der Waals surface area contributed by atoms with Crippen molar-refractivity contribution in [3.63, 3.8) is 0 Å². The van der Waals surface area contributed by atoms with E-state index in [1.165, 1.54) is 0 Å². The molecule has 0 aliphatic carbocycles. The second-order valence-corrected chi connectivity index (χ2v) is 5.24. The Morgan fingerprint density at radius 3 is 2.68 bits per heavy atom. The van der Waals surface area contributed by atoms with E-state index in [2.05, 4.69) is 30.1 Å². The molecule has 0 fully saturated rings. The maximum atomic E-state index is 6.00. The molecule has 1 heterocycles. The van der Waals surface area contributed by atoms with E-state index in [-0.39, 0.29) is 0 Å². The fraction of sp³-hybridized carbons (Fsp3) is 0.400. The highest BCUT2D eigenvalue weighted by molar-refractivity contribution is 5.77. The first-order valence-corrected chi connectivity index (χ1v) is 6.50. The van der Waals surface area contributed by atoms with E-state index in [0.29, 0.717) is 11.7 Å². The Morgan fingerprint density at radius 2 is 2.11 bits per heavy atom. The molecule has 0 saturated heterocycles. The SMILES string of the molecule is COc1ccc(-c2c(N)n[nH]c2CC(C)C)cc1C. The summed E-state index contributed by atoms with van der Waals surface area (Å²) < 4.78 is 5.29.